The second-order valence-corrected chi connectivity index (χ2v) is 7.66. The lowest BCUT2D eigenvalue weighted by molar-refractivity contribution is -0.132. The highest BCUT2D eigenvalue weighted by atomic mass is 32.1. The zero-order valence-corrected chi connectivity index (χ0v) is 13.9. The molecule has 3 fully saturated rings. The van der Waals surface area contributed by atoms with Crippen LogP contribution in [0, 0.1) is 23.7 Å². The van der Waals surface area contributed by atoms with E-state index in [1.165, 1.54) is 11.3 Å². The summed E-state index contributed by atoms with van der Waals surface area (Å²) in [5.74, 6) is 1.54. The molecule has 0 bridgehead atoms. The molecule has 1 aromatic heterocycles. The zero-order valence-electron chi connectivity index (χ0n) is 13.1. The van der Waals surface area contributed by atoms with E-state index in [1.54, 1.807) is 10.9 Å². The molecule has 23 heavy (non-hydrogen) atoms. The Balaban J connectivity index is 1.31. The van der Waals surface area contributed by atoms with E-state index in [1.807, 2.05) is 4.90 Å². The lowest BCUT2D eigenvalue weighted by atomic mass is 9.93. The first kappa shape index (κ1) is 15.1. The SMILES string of the molecule is C[C@@H]1C[C@@H]1C(=O)N1C[C@@H]2[C@H](CNC(=O)c3cscn3)CO[C@@H]2C1. The molecule has 124 valence electrons. The fourth-order valence-electron chi connectivity index (χ4n) is 3.73. The molecule has 4 rings (SSSR count). The van der Waals surface area contributed by atoms with Gasteiger partial charge in [-0.05, 0) is 12.3 Å². The van der Waals surface area contributed by atoms with E-state index in [0.29, 0.717) is 43.1 Å². The lowest BCUT2D eigenvalue weighted by Gasteiger charge is -2.20. The number of amides is 2. The molecule has 6 nitrogen and oxygen atoms in total. The van der Waals surface area contributed by atoms with E-state index in [0.717, 1.165) is 13.0 Å². The summed E-state index contributed by atoms with van der Waals surface area (Å²) in [6, 6.07) is 0. The van der Waals surface area contributed by atoms with Crippen molar-refractivity contribution in [1.82, 2.24) is 15.2 Å². The van der Waals surface area contributed by atoms with Crippen LogP contribution in [-0.2, 0) is 9.53 Å². The van der Waals surface area contributed by atoms with Crippen LogP contribution in [0.2, 0.25) is 0 Å². The highest BCUT2D eigenvalue weighted by Crippen LogP contribution is 2.41. The van der Waals surface area contributed by atoms with Crippen molar-refractivity contribution >= 4 is 23.2 Å². The van der Waals surface area contributed by atoms with Gasteiger partial charge in [-0.3, -0.25) is 9.59 Å². The molecular weight excluding hydrogens is 314 g/mol. The number of hydrogen-bond donors (Lipinski definition) is 1. The van der Waals surface area contributed by atoms with Gasteiger partial charge in [0.2, 0.25) is 5.91 Å². The number of carbonyl (C=O) groups excluding carboxylic acids is 2. The van der Waals surface area contributed by atoms with Gasteiger partial charge in [-0.1, -0.05) is 6.92 Å². The molecule has 3 aliphatic rings. The Morgan fingerprint density at radius 2 is 2.30 bits per heavy atom. The van der Waals surface area contributed by atoms with E-state index < -0.39 is 0 Å². The van der Waals surface area contributed by atoms with Crippen molar-refractivity contribution in [3.63, 3.8) is 0 Å². The number of hydrogen-bond acceptors (Lipinski definition) is 5. The number of nitrogens with zero attached hydrogens (tertiary/aromatic N) is 2. The molecule has 0 aromatic carbocycles. The fraction of sp³-hybridized carbons (Fsp3) is 0.688. The van der Waals surface area contributed by atoms with Crippen LogP contribution in [-0.4, -0.2) is 54.0 Å². The number of thiazole rings is 1. The Labute approximate surface area is 139 Å². The van der Waals surface area contributed by atoms with Crippen molar-refractivity contribution in [1.29, 1.82) is 0 Å². The van der Waals surface area contributed by atoms with Crippen molar-refractivity contribution < 1.29 is 14.3 Å². The van der Waals surface area contributed by atoms with Crippen LogP contribution in [0.25, 0.3) is 0 Å². The first-order chi connectivity index (χ1) is 11.1. The standard InChI is InChI=1S/C16H21N3O3S/c1-9-2-11(9)16(21)19-4-12-10(6-22-14(12)5-19)3-17-15(20)13-7-23-8-18-13/h7-12,14H,2-6H2,1H3,(H,17,20)/t9-,10-,11+,12-,14-/m1/s1. The minimum atomic E-state index is -0.132. The molecule has 3 heterocycles. The molecule has 0 spiro atoms. The zero-order chi connectivity index (χ0) is 16.0. The van der Waals surface area contributed by atoms with Gasteiger partial charge in [0.15, 0.2) is 0 Å². The highest BCUT2D eigenvalue weighted by Gasteiger charge is 2.49. The Hall–Kier alpha value is -1.47. The quantitative estimate of drug-likeness (QED) is 0.891. The maximum atomic E-state index is 12.4. The molecule has 1 aliphatic carbocycles. The molecule has 1 N–H and O–H groups in total. The third-order valence-corrected chi connectivity index (χ3v) is 5.95. The van der Waals surface area contributed by atoms with E-state index in [2.05, 4.69) is 17.2 Å². The molecular formula is C16H21N3O3S. The average Bonchev–Trinajstić information content (AvgIpc) is 2.99. The molecule has 2 aliphatic heterocycles. The maximum absolute atomic E-state index is 12.4. The van der Waals surface area contributed by atoms with Crippen molar-refractivity contribution in [3.05, 3.63) is 16.6 Å². The lowest BCUT2D eigenvalue weighted by Crippen LogP contribution is -2.36. The van der Waals surface area contributed by atoms with Crippen LogP contribution >= 0.6 is 11.3 Å². The van der Waals surface area contributed by atoms with Gasteiger partial charge >= 0.3 is 0 Å². The summed E-state index contributed by atoms with van der Waals surface area (Å²) >= 11 is 1.41. The van der Waals surface area contributed by atoms with E-state index in [-0.39, 0.29) is 23.8 Å². The third kappa shape index (κ3) is 2.87. The monoisotopic (exact) mass is 335 g/mol. The van der Waals surface area contributed by atoms with Crippen LogP contribution in [0.15, 0.2) is 10.9 Å². The van der Waals surface area contributed by atoms with Gasteiger partial charge in [-0.25, -0.2) is 4.98 Å². The topological polar surface area (TPSA) is 71.5 Å². The Morgan fingerprint density at radius 1 is 1.48 bits per heavy atom. The number of rotatable bonds is 4. The van der Waals surface area contributed by atoms with Gasteiger partial charge < -0.3 is 15.0 Å². The largest absolute Gasteiger partial charge is 0.376 e. The van der Waals surface area contributed by atoms with Gasteiger partial charge in [0.25, 0.3) is 5.91 Å². The smallest absolute Gasteiger partial charge is 0.270 e. The predicted octanol–water partition coefficient (Wildman–Crippen LogP) is 1.00. The molecule has 0 radical (unpaired) electrons. The van der Waals surface area contributed by atoms with Gasteiger partial charge in [-0.15, -0.1) is 11.3 Å². The minimum Gasteiger partial charge on any atom is -0.376 e. The summed E-state index contributed by atoms with van der Waals surface area (Å²) in [7, 11) is 0. The Kier molecular flexibility index (Phi) is 3.85. The number of nitrogens with one attached hydrogen (secondary N) is 1. The van der Waals surface area contributed by atoms with E-state index in [9.17, 15) is 9.59 Å². The van der Waals surface area contributed by atoms with Gasteiger partial charge in [-0.2, -0.15) is 0 Å². The normalized spacial score (nSPS) is 35.2. The summed E-state index contributed by atoms with van der Waals surface area (Å²) in [5.41, 5.74) is 2.12. The van der Waals surface area contributed by atoms with Crippen molar-refractivity contribution in [2.75, 3.05) is 26.2 Å². The number of carbonyl (C=O) groups is 2. The predicted molar refractivity (Wildman–Crippen MR) is 85.0 cm³/mol. The molecule has 1 saturated carbocycles. The first-order valence-corrected chi connectivity index (χ1v) is 9.14. The number of fused-ring (bicyclic) bond motifs is 1. The Morgan fingerprint density at radius 3 is 3.00 bits per heavy atom. The van der Waals surface area contributed by atoms with Gasteiger partial charge in [0.1, 0.15) is 5.69 Å². The number of likely N-dealkylation sites (tertiary alicyclic amines) is 1. The van der Waals surface area contributed by atoms with Crippen molar-refractivity contribution in [2.45, 2.75) is 19.4 Å². The van der Waals surface area contributed by atoms with Gasteiger partial charge in [0.05, 0.1) is 18.2 Å². The molecule has 2 saturated heterocycles. The van der Waals surface area contributed by atoms with Crippen LogP contribution < -0.4 is 5.32 Å². The molecule has 7 heteroatoms. The number of aromatic nitrogens is 1. The molecule has 1 aromatic rings. The fourth-order valence-corrected chi connectivity index (χ4v) is 4.26. The summed E-state index contributed by atoms with van der Waals surface area (Å²) < 4.78 is 5.86. The minimum absolute atomic E-state index is 0.132. The van der Waals surface area contributed by atoms with Crippen LogP contribution in [0.5, 0.6) is 0 Å². The maximum Gasteiger partial charge on any atom is 0.270 e. The second-order valence-electron chi connectivity index (χ2n) is 6.94. The molecule has 5 atom stereocenters. The van der Waals surface area contributed by atoms with Crippen LogP contribution in [0.4, 0.5) is 0 Å². The van der Waals surface area contributed by atoms with Crippen LogP contribution in [0.3, 0.4) is 0 Å². The summed E-state index contributed by atoms with van der Waals surface area (Å²) in [6.07, 6.45) is 1.16. The highest BCUT2D eigenvalue weighted by molar-refractivity contribution is 7.07. The first-order valence-electron chi connectivity index (χ1n) is 8.20. The van der Waals surface area contributed by atoms with Crippen LogP contribution in [0.1, 0.15) is 23.8 Å². The summed E-state index contributed by atoms with van der Waals surface area (Å²) in [4.78, 5) is 30.3. The van der Waals surface area contributed by atoms with Gasteiger partial charge in [0, 0.05) is 42.8 Å². The Bertz CT molecular complexity index is 606. The summed E-state index contributed by atoms with van der Waals surface area (Å²) in [5, 5.41) is 4.69. The summed E-state index contributed by atoms with van der Waals surface area (Å²) in [6.45, 7) is 4.86. The van der Waals surface area contributed by atoms with E-state index >= 15 is 0 Å². The van der Waals surface area contributed by atoms with Crippen molar-refractivity contribution in [3.8, 4) is 0 Å². The number of ether oxygens (including phenoxy) is 1. The average molecular weight is 335 g/mol. The third-order valence-electron chi connectivity index (χ3n) is 5.37. The second kappa shape index (κ2) is 5.87. The van der Waals surface area contributed by atoms with Crippen molar-refractivity contribution in [2.24, 2.45) is 23.7 Å². The van der Waals surface area contributed by atoms with E-state index in [4.69, 9.17) is 4.74 Å². The molecule has 2 amide bonds. The molecule has 0 unspecified atom stereocenters.